The smallest absolute Gasteiger partial charge is 0.251 e. The van der Waals surface area contributed by atoms with Gasteiger partial charge in [-0.15, -0.1) is 0 Å². The summed E-state index contributed by atoms with van der Waals surface area (Å²) in [6.07, 6.45) is 1.09. The van der Waals surface area contributed by atoms with Gasteiger partial charge in [0.25, 0.3) is 5.91 Å². The zero-order valence-electron chi connectivity index (χ0n) is 14.3. The van der Waals surface area contributed by atoms with Gasteiger partial charge in [-0.25, -0.2) is 8.42 Å². The number of amides is 1. The molecule has 2 rings (SSSR count). The van der Waals surface area contributed by atoms with Crippen molar-refractivity contribution >= 4 is 21.6 Å². The van der Waals surface area contributed by atoms with Crippen LogP contribution >= 0.6 is 0 Å². The summed E-state index contributed by atoms with van der Waals surface area (Å²) in [6, 6.07) is 12.8. The number of nitrogens with one attached hydrogen (secondary N) is 2. The van der Waals surface area contributed by atoms with Crippen molar-refractivity contribution in [3.8, 4) is 0 Å². The van der Waals surface area contributed by atoms with Crippen LogP contribution in [0.1, 0.15) is 40.0 Å². The highest BCUT2D eigenvalue weighted by Crippen LogP contribution is 2.19. The maximum Gasteiger partial charge on any atom is 0.251 e. The first kappa shape index (κ1) is 18.0. The molecule has 1 unspecified atom stereocenters. The highest BCUT2D eigenvalue weighted by molar-refractivity contribution is 7.92. The van der Waals surface area contributed by atoms with Gasteiger partial charge in [0.05, 0.1) is 18.0 Å². The van der Waals surface area contributed by atoms with E-state index in [4.69, 9.17) is 0 Å². The third kappa shape index (κ3) is 4.83. The predicted octanol–water partition coefficient (Wildman–Crippen LogP) is 3.17. The van der Waals surface area contributed by atoms with Crippen molar-refractivity contribution in [1.82, 2.24) is 5.32 Å². The second-order valence-corrected chi connectivity index (χ2v) is 7.76. The topological polar surface area (TPSA) is 75.3 Å². The van der Waals surface area contributed by atoms with Crippen LogP contribution < -0.4 is 10.0 Å². The van der Waals surface area contributed by atoms with E-state index in [1.165, 1.54) is 5.56 Å². The van der Waals surface area contributed by atoms with Crippen LogP contribution in [0.2, 0.25) is 0 Å². The zero-order chi connectivity index (χ0) is 17.9. The molecular formula is C18H22N2O3S. The minimum Gasteiger partial charge on any atom is -0.346 e. The van der Waals surface area contributed by atoms with Gasteiger partial charge >= 0.3 is 0 Å². The van der Waals surface area contributed by atoms with Crippen LogP contribution in [0.15, 0.2) is 42.5 Å². The zero-order valence-corrected chi connectivity index (χ0v) is 15.1. The summed E-state index contributed by atoms with van der Waals surface area (Å²) >= 11 is 0. The Kier molecular flexibility index (Phi) is 5.29. The van der Waals surface area contributed by atoms with E-state index in [2.05, 4.69) is 10.0 Å². The van der Waals surface area contributed by atoms with Crippen LogP contribution in [0, 0.1) is 13.8 Å². The van der Waals surface area contributed by atoms with Gasteiger partial charge < -0.3 is 5.32 Å². The largest absolute Gasteiger partial charge is 0.346 e. The first-order chi connectivity index (χ1) is 11.2. The fraction of sp³-hybridized carbons (Fsp3) is 0.278. The van der Waals surface area contributed by atoms with Crippen molar-refractivity contribution in [2.45, 2.75) is 26.8 Å². The van der Waals surface area contributed by atoms with Crippen molar-refractivity contribution < 1.29 is 13.2 Å². The van der Waals surface area contributed by atoms with Crippen molar-refractivity contribution in [2.24, 2.45) is 0 Å². The van der Waals surface area contributed by atoms with Crippen LogP contribution in [0.3, 0.4) is 0 Å². The highest BCUT2D eigenvalue weighted by Gasteiger charge is 2.13. The molecule has 0 heterocycles. The number of anilines is 1. The number of sulfonamides is 1. The molecule has 2 aromatic carbocycles. The molecule has 0 radical (unpaired) electrons. The second kappa shape index (κ2) is 7.05. The van der Waals surface area contributed by atoms with Crippen LogP contribution in [0.4, 0.5) is 5.69 Å². The summed E-state index contributed by atoms with van der Waals surface area (Å²) in [6.45, 7) is 5.70. The van der Waals surface area contributed by atoms with E-state index in [9.17, 15) is 13.2 Å². The Labute approximate surface area is 143 Å². The molecule has 0 bridgehead atoms. The average Bonchev–Trinajstić information content (AvgIpc) is 2.48. The number of hydrogen-bond donors (Lipinski definition) is 2. The number of aryl methyl sites for hydroxylation is 2. The lowest BCUT2D eigenvalue weighted by atomic mass is 10.1. The molecule has 1 atom stereocenters. The molecule has 0 aliphatic carbocycles. The summed E-state index contributed by atoms with van der Waals surface area (Å²) in [5.41, 5.74) is 3.85. The van der Waals surface area contributed by atoms with Gasteiger partial charge in [-0.3, -0.25) is 9.52 Å². The number of carbonyl (C=O) groups excluding carboxylic acids is 1. The van der Waals surface area contributed by atoms with Crippen LogP contribution in [-0.2, 0) is 10.0 Å². The fourth-order valence-electron chi connectivity index (χ4n) is 2.34. The first-order valence-electron chi connectivity index (χ1n) is 7.61. The maximum absolute atomic E-state index is 12.4. The van der Waals surface area contributed by atoms with E-state index in [0.29, 0.717) is 16.8 Å². The molecule has 0 aliphatic rings. The minimum absolute atomic E-state index is 0.118. The van der Waals surface area contributed by atoms with Crippen molar-refractivity contribution in [3.05, 3.63) is 64.7 Å². The molecule has 2 aromatic rings. The van der Waals surface area contributed by atoms with Gasteiger partial charge in [0.2, 0.25) is 10.0 Å². The normalized spacial score (nSPS) is 12.5. The van der Waals surface area contributed by atoms with Crippen molar-refractivity contribution in [3.63, 3.8) is 0 Å². The van der Waals surface area contributed by atoms with Gasteiger partial charge in [0.15, 0.2) is 0 Å². The lowest BCUT2D eigenvalue weighted by Crippen LogP contribution is -2.26. The molecule has 24 heavy (non-hydrogen) atoms. The number of carbonyl (C=O) groups is 1. The van der Waals surface area contributed by atoms with Gasteiger partial charge in [-0.1, -0.05) is 29.8 Å². The molecule has 0 saturated carbocycles. The number of benzene rings is 2. The van der Waals surface area contributed by atoms with Gasteiger partial charge in [0.1, 0.15) is 0 Å². The van der Waals surface area contributed by atoms with E-state index >= 15 is 0 Å². The van der Waals surface area contributed by atoms with E-state index in [1.807, 2.05) is 38.1 Å². The monoisotopic (exact) mass is 346 g/mol. The summed E-state index contributed by atoms with van der Waals surface area (Å²) in [4.78, 5) is 12.4. The molecule has 5 nitrogen and oxygen atoms in total. The molecule has 1 amide bonds. The van der Waals surface area contributed by atoms with E-state index in [0.717, 1.165) is 11.8 Å². The SMILES string of the molecule is Cc1ccc(C(C)NC(=O)c2ccc(NS(C)(=O)=O)c(C)c2)cc1. The highest BCUT2D eigenvalue weighted by atomic mass is 32.2. The Morgan fingerprint density at radius 1 is 1.04 bits per heavy atom. The van der Waals surface area contributed by atoms with E-state index < -0.39 is 10.0 Å². The Bertz CT molecular complexity index is 843. The average molecular weight is 346 g/mol. The lowest BCUT2D eigenvalue weighted by Gasteiger charge is -2.15. The molecule has 0 spiro atoms. The Balaban J connectivity index is 2.12. The van der Waals surface area contributed by atoms with Crippen molar-refractivity contribution in [1.29, 1.82) is 0 Å². The number of rotatable bonds is 5. The minimum atomic E-state index is -3.34. The molecule has 0 aliphatic heterocycles. The lowest BCUT2D eigenvalue weighted by molar-refractivity contribution is 0.0940. The summed E-state index contributed by atoms with van der Waals surface area (Å²) < 4.78 is 25.0. The first-order valence-corrected chi connectivity index (χ1v) is 9.51. The summed E-state index contributed by atoms with van der Waals surface area (Å²) in [5, 5.41) is 2.95. The van der Waals surface area contributed by atoms with Gasteiger partial charge in [0, 0.05) is 5.56 Å². The van der Waals surface area contributed by atoms with E-state index in [1.54, 1.807) is 25.1 Å². The number of hydrogen-bond acceptors (Lipinski definition) is 3. The summed E-state index contributed by atoms with van der Waals surface area (Å²) in [7, 11) is -3.34. The molecule has 6 heteroatoms. The van der Waals surface area contributed by atoms with Crippen LogP contribution in [-0.4, -0.2) is 20.6 Å². The Hall–Kier alpha value is -2.34. The quantitative estimate of drug-likeness (QED) is 0.873. The maximum atomic E-state index is 12.4. The molecule has 0 aromatic heterocycles. The summed E-state index contributed by atoms with van der Waals surface area (Å²) in [5.74, 6) is -0.197. The van der Waals surface area contributed by atoms with Crippen LogP contribution in [0.25, 0.3) is 0 Å². The van der Waals surface area contributed by atoms with Crippen molar-refractivity contribution in [2.75, 3.05) is 11.0 Å². The third-order valence-corrected chi connectivity index (χ3v) is 4.30. The standard InChI is InChI=1S/C18H22N2O3S/c1-12-5-7-15(8-6-12)14(3)19-18(21)16-9-10-17(13(2)11-16)20-24(4,22)23/h5-11,14,20H,1-4H3,(H,19,21). The molecule has 0 saturated heterocycles. The van der Waals surface area contributed by atoms with Crippen LogP contribution in [0.5, 0.6) is 0 Å². The fourth-order valence-corrected chi connectivity index (χ4v) is 2.97. The third-order valence-electron chi connectivity index (χ3n) is 3.71. The van der Waals surface area contributed by atoms with E-state index in [-0.39, 0.29) is 11.9 Å². The molecular weight excluding hydrogens is 324 g/mol. The predicted molar refractivity (Wildman–Crippen MR) is 96.7 cm³/mol. The molecule has 2 N–H and O–H groups in total. The van der Waals surface area contributed by atoms with Gasteiger partial charge in [-0.05, 0) is 50.1 Å². The second-order valence-electron chi connectivity index (χ2n) is 6.01. The van der Waals surface area contributed by atoms with Gasteiger partial charge in [-0.2, -0.15) is 0 Å². The Morgan fingerprint density at radius 2 is 1.67 bits per heavy atom. The molecule has 0 fully saturated rings. The molecule has 128 valence electrons. The Morgan fingerprint density at radius 3 is 2.21 bits per heavy atom.